The molecule has 0 saturated heterocycles. The van der Waals surface area contributed by atoms with Crippen molar-refractivity contribution < 1.29 is 0 Å². The summed E-state index contributed by atoms with van der Waals surface area (Å²) in [5.74, 6) is 0. The minimum Gasteiger partial charge on any atom is -0.393 e. The van der Waals surface area contributed by atoms with Crippen LogP contribution in [0.25, 0.3) is 11.3 Å². The molecule has 0 aromatic heterocycles. The number of nitrogens with zero attached hydrogens (tertiary/aromatic N) is 1. The summed E-state index contributed by atoms with van der Waals surface area (Å²) in [6, 6.07) is 14.4. The van der Waals surface area contributed by atoms with E-state index in [9.17, 15) is 0 Å². The molecule has 0 aliphatic carbocycles. The maximum atomic E-state index is 7.81. The highest BCUT2D eigenvalue weighted by atomic mass is 35.5. The zero-order chi connectivity index (χ0) is 21.1. The zero-order valence-electron chi connectivity index (χ0n) is 17.2. The van der Waals surface area contributed by atoms with Gasteiger partial charge < -0.3 is 21.5 Å². The summed E-state index contributed by atoms with van der Waals surface area (Å²) >= 11 is 6.07. The zero-order valence-corrected chi connectivity index (χ0v) is 18.0. The van der Waals surface area contributed by atoms with Gasteiger partial charge in [-0.25, -0.2) is 0 Å². The number of hydrogen-bond acceptors (Lipinski definition) is 6. The first-order valence-corrected chi connectivity index (χ1v) is 10.6. The summed E-state index contributed by atoms with van der Waals surface area (Å²) in [5, 5.41) is 17.5. The van der Waals surface area contributed by atoms with Crippen LogP contribution < -0.4 is 21.6 Å². The molecule has 1 unspecified atom stereocenters. The first-order chi connectivity index (χ1) is 14.6. The quantitative estimate of drug-likeness (QED) is 0.443. The van der Waals surface area contributed by atoms with E-state index in [1.807, 2.05) is 37.5 Å². The van der Waals surface area contributed by atoms with Gasteiger partial charge in [-0.05, 0) is 54.3 Å². The van der Waals surface area contributed by atoms with Crippen LogP contribution in [0, 0.1) is 5.41 Å². The van der Waals surface area contributed by atoms with E-state index >= 15 is 0 Å². The van der Waals surface area contributed by atoms with E-state index in [1.165, 1.54) is 28.7 Å². The fourth-order valence-corrected chi connectivity index (χ4v) is 4.19. The molecular formula is C23H27ClN6. The maximum absolute atomic E-state index is 7.81. The number of nitrogens with one attached hydrogen (secondary N) is 5. The molecule has 0 saturated carbocycles. The number of anilines is 1. The van der Waals surface area contributed by atoms with Crippen LogP contribution in [0.1, 0.15) is 42.5 Å². The van der Waals surface area contributed by atoms with E-state index in [0.717, 1.165) is 41.2 Å². The molecule has 156 valence electrons. The van der Waals surface area contributed by atoms with Crippen molar-refractivity contribution in [3.63, 3.8) is 0 Å². The van der Waals surface area contributed by atoms with E-state index in [2.05, 4.69) is 51.7 Å². The van der Waals surface area contributed by atoms with Crippen molar-refractivity contribution in [2.24, 2.45) is 0 Å². The van der Waals surface area contributed by atoms with Gasteiger partial charge in [-0.1, -0.05) is 30.7 Å². The Balaban J connectivity index is 1.82. The summed E-state index contributed by atoms with van der Waals surface area (Å²) in [7, 11) is 1.85. The molecule has 2 aliphatic heterocycles. The van der Waals surface area contributed by atoms with Gasteiger partial charge in [0.1, 0.15) is 0 Å². The van der Waals surface area contributed by atoms with Crippen molar-refractivity contribution in [1.29, 1.82) is 5.41 Å². The van der Waals surface area contributed by atoms with Crippen molar-refractivity contribution in [1.82, 2.24) is 21.3 Å². The third kappa shape index (κ3) is 3.88. The van der Waals surface area contributed by atoms with Crippen molar-refractivity contribution in [3.8, 4) is 0 Å². The predicted molar refractivity (Wildman–Crippen MR) is 125 cm³/mol. The van der Waals surface area contributed by atoms with Gasteiger partial charge >= 0.3 is 0 Å². The lowest BCUT2D eigenvalue weighted by Crippen LogP contribution is -2.38. The molecule has 7 heteroatoms. The molecule has 1 atom stereocenters. The van der Waals surface area contributed by atoms with E-state index < -0.39 is 0 Å². The molecule has 4 rings (SSSR count). The van der Waals surface area contributed by atoms with Crippen LogP contribution in [0.5, 0.6) is 0 Å². The van der Waals surface area contributed by atoms with Gasteiger partial charge in [-0.2, -0.15) is 0 Å². The molecule has 0 bridgehead atoms. The highest BCUT2D eigenvalue weighted by molar-refractivity contribution is 6.30. The lowest BCUT2D eigenvalue weighted by atomic mass is 9.92. The number of halogens is 1. The van der Waals surface area contributed by atoms with Gasteiger partial charge in [0.15, 0.2) is 0 Å². The lowest BCUT2D eigenvalue weighted by molar-refractivity contribution is 0.280. The fraction of sp³-hybridized carbons (Fsp3) is 0.261. The average molecular weight is 423 g/mol. The van der Waals surface area contributed by atoms with E-state index in [1.54, 1.807) is 0 Å². The SMILES string of the molecule is CCC1=C2c3ccc(/C(C=N)=C/NC)cc3C(Nc3ccc(Cl)cc3)CCN2NN1. The first-order valence-electron chi connectivity index (χ1n) is 10.2. The number of hydrogen-bond donors (Lipinski definition) is 5. The van der Waals surface area contributed by atoms with Crippen molar-refractivity contribution in [2.75, 3.05) is 18.9 Å². The third-order valence-electron chi connectivity index (χ3n) is 5.55. The van der Waals surface area contributed by atoms with Gasteiger partial charge in [0.25, 0.3) is 0 Å². The molecule has 0 spiro atoms. The molecule has 2 heterocycles. The number of rotatable bonds is 6. The van der Waals surface area contributed by atoms with Crippen LogP contribution in [-0.2, 0) is 0 Å². The van der Waals surface area contributed by atoms with E-state index in [0.29, 0.717) is 0 Å². The molecule has 0 radical (unpaired) electrons. The third-order valence-corrected chi connectivity index (χ3v) is 5.80. The van der Waals surface area contributed by atoms with Crippen LogP contribution >= 0.6 is 11.6 Å². The monoisotopic (exact) mass is 422 g/mol. The van der Waals surface area contributed by atoms with Crippen molar-refractivity contribution in [3.05, 3.63) is 76.1 Å². The molecule has 0 fully saturated rings. The van der Waals surface area contributed by atoms with Gasteiger partial charge in [0.2, 0.25) is 0 Å². The standard InChI is InChI=1S/C23H27ClN6/c1-3-21-23-19-9-4-15(16(13-25)14-26-2)12-20(19)22(10-11-30(23)29-28-21)27-18-7-5-17(24)6-8-18/h4-9,12-14,22,25-29H,3,10-11H2,1-2H3/b16-14+,25-13?. The van der Waals surface area contributed by atoms with Gasteiger partial charge in [-0.15, -0.1) is 5.53 Å². The molecule has 5 N–H and O–H groups in total. The smallest absolute Gasteiger partial charge is 0.0816 e. The molecule has 2 aliphatic rings. The number of benzene rings is 2. The van der Waals surface area contributed by atoms with Crippen LogP contribution in [0.2, 0.25) is 5.02 Å². The minimum atomic E-state index is 0.126. The Bertz CT molecular complexity index is 995. The van der Waals surface area contributed by atoms with Crippen LogP contribution in [0.4, 0.5) is 5.69 Å². The average Bonchev–Trinajstić information content (AvgIpc) is 3.12. The second kappa shape index (κ2) is 8.81. The highest BCUT2D eigenvalue weighted by Crippen LogP contribution is 2.38. The summed E-state index contributed by atoms with van der Waals surface area (Å²) in [6.07, 6.45) is 5.08. The van der Waals surface area contributed by atoms with Crippen molar-refractivity contribution >= 4 is 34.8 Å². The van der Waals surface area contributed by atoms with Gasteiger partial charge in [0, 0.05) is 47.9 Å². The summed E-state index contributed by atoms with van der Waals surface area (Å²) in [5.41, 5.74) is 14.3. The van der Waals surface area contributed by atoms with E-state index in [4.69, 9.17) is 17.0 Å². The molecule has 30 heavy (non-hydrogen) atoms. The Hall–Kier alpha value is -2.96. The largest absolute Gasteiger partial charge is 0.393 e. The van der Waals surface area contributed by atoms with Crippen LogP contribution in [0.3, 0.4) is 0 Å². The normalized spacial score (nSPS) is 18.3. The Morgan fingerprint density at radius 1 is 1.27 bits per heavy atom. The van der Waals surface area contributed by atoms with Gasteiger partial charge in [-0.3, -0.25) is 5.01 Å². The molecule has 2 aromatic carbocycles. The lowest BCUT2D eigenvalue weighted by Gasteiger charge is -2.22. The number of fused-ring (bicyclic) bond motifs is 3. The maximum Gasteiger partial charge on any atom is 0.0816 e. The second-order valence-electron chi connectivity index (χ2n) is 7.40. The van der Waals surface area contributed by atoms with Gasteiger partial charge in [0.05, 0.1) is 17.4 Å². The minimum absolute atomic E-state index is 0.126. The van der Waals surface area contributed by atoms with E-state index in [-0.39, 0.29) is 6.04 Å². The summed E-state index contributed by atoms with van der Waals surface area (Å²) < 4.78 is 0. The summed E-state index contributed by atoms with van der Waals surface area (Å²) in [6.45, 7) is 3.02. The number of hydrazine groups is 2. The summed E-state index contributed by atoms with van der Waals surface area (Å²) in [4.78, 5) is 0. The molecule has 0 amide bonds. The Morgan fingerprint density at radius 2 is 2.07 bits per heavy atom. The predicted octanol–water partition coefficient (Wildman–Crippen LogP) is 4.51. The fourth-order valence-electron chi connectivity index (χ4n) is 4.07. The Morgan fingerprint density at radius 3 is 2.77 bits per heavy atom. The first kappa shape index (κ1) is 20.3. The second-order valence-corrected chi connectivity index (χ2v) is 7.83. The number of allylic oxidation sites excluding steroid dienone is 2. The molecule has 6 nitrogen and oxygen atoms in total. The van der Waals surface area contributed by atoms with Crippen LogP contribution in [0.15, 0.2) is 54.4 Å². The molecular weight excluding hydrogens is 396 g/mol. The van der Waals surface area contributed by atoms with Crippen LogP contribution in [-0.4, -0.2) is 24.8 Å². The highest BCUT2D eigenvalue weighted by Gasteiger charge is 2.31. The molecule has 2 aromatic rings. The Kier molecular flexibility index (Phi) is 5.97. The van der Waals surface area contributed by atoms with Crippen molar-refractivity contribution in [2.45, 2.75) is 25.8 Å². The topological polar surface area (TPSA) is 75.2 Å². The Labute approximate surface area is 182 Å².